The summed E-state index contributed by atoms with van der Waals surface area (Å²) in [6.45, 7) is 64.5. The van der Waals surface area contributed by atoms with E-state index < -0.39 is 28.3 Å². The van der Waals surface area contributed by atoms with Crippen LogP contribution in [-0.4, -0.2) is 119 Å². The van der Waals surface area contributed by atoms with Crippen LogP contribution in [0.5, 0.6) is 0 Å². The zero-order valence-corrected chi connectivity index (χ0v) is 68.9. The van der Waals surface area contributed by atoms with Gasteiger partial charge in [-0.1, -0.05) is 183 Å². The van der Waals surface area contributed by atoms with E-state index in [1.54, 1.807) is 0 Å². The third-order valence-corrected chi connectivity index (χ3v) is 16.5. The van der Waals surface area contributed by atoms with Crippen LogP contribution in [0.15, 0.2) is 30.3 Å². The second-order valence-electron chi connectivity index (χ2n) is 37.3. The van der Waals surface area contributed by atoms with Crippen molar-refractivity contribution in [2.75, 3.05) is 19.6 Å². The van der Waals surface area contributed by atoms with Gasteiger partial charge in [-0.3, -0.25) is 43.2 Å². The Labute approximate surface area is 603 Å². The number of nitrogens with one attached hydrogen (secondary N) is 6. The van der Waals surface area contributed by atoms with E-state index in [4.69, 9.17) is 11.5 Å². The number of hydrogen-bond donors (Lipinski definition) is 8. The molecule has 1 rings (SSSR count). The molecule has 0 aliphatic carbocycles. The van der Waals surface area contributed by atoms with Crippen LogP contribution in [0, 0.1) is 68.5 Å². The predicted octanol–water partition coefficient (Wildman–Crippen LogP) is 14.3. The molecule has 0 bridgehead atoms. The number of Topliss-reactive ketones (excluding diaryl/α,β-unsaturated/α-hetero) is 7. The highest BCUT2D eigenvalue weighted by Crippen LogP contribution is 2.32. The molecule has 574 valence electrons. The lowest BCUT2D eigenvalue weighted by Crippen LogP contribution is -2.51. The molecule has 0 heterocycles. The van der Waals surface area contributed by atoms with E-state index in [0.29, 0.717) is 64.6 Å². The van der Waals surface area contributed by atoms with Gasteiger partial charge >= 0.3 is 6.03 Å². The van der Waals surface area contributed by atoms with Gasteiger partial charge in [0.2, 0.25) is 11.8 Å². The lowest BCUT2D eigenvalue weighted by atomic mass is 9.77. The first-order valence-corrected chi connectivity index (χ1v) is 36.9. The highest BCUT2D eigenvalue weighted by atomic mass is 16.2. The summed E-state index contributed by atoms with van der Waals surface area (Å²) in [6.07, 6.45) is 6.02. The lowest BCUT2D eigenvalue weighted by Gasteiger charge is -2.32. The van der Waals surface area contributed by atoms with Crippen LogP contribution in [0.3, 0.4) is 0 Å². The van der Waals surface area contributed by atoms with Gasteiger partial charge in [-0.15, -0.1) is 0 Å². The Hall–Kier alpha value is -5.04. The number of ketones is 7. The Morgan fingerprint density at radius 3 is 1.17 bits per heavy atom. The van der Waals surface area contributed by atoms with Crippen molar-refractivity contribution in [1.82, 2.24) is 31.9 Å². The molecule has 1 aromatic rings. The van der Waals surface area contributed by atoms with E-state index in [9.17, 15) is 47.9 Å². The van der Waals surface area contributed by atoms with Gasteiger partial charge in [-0.25, -0.2) is 4.79 Å². The number of hydrogen-bond acceptors (Lipinski definition) is 14. The molecule has 0 saturated carbocycles. The van der Waals surface area contributed by atoms with Gasteiger partial charge in [0.15, 0.2) is 23.1 Å². The van der Waals surface area contributed by atoms with Crippen molar-refractivity contribution in [2.45, 2.75) is 333 Å². The average molecular weight is 1400 g/mol. The second-order valence-corrected chi connectivity index (χ2v) is 37.3. The maximum absolute atomic E-state index is 13.2. The van der Waals surface area contributed by atoms with Gasteiger partial charge in [-0.2, -0.15) is 0 Å². The molecular formula is C81H150N8O10. The molecule has 0 aliphatic heterocycles. The number of rotatable bonds is 35. The maximum Gasteiger partial charge on any atom is 0.312 e. The summed E-state index contributed by atoms with van der Waals surface area (Å²) in [4.78, 5) is 124. The third kappa shape index (κ3) is 46.2. The Kier molecular flexibility index (Phi) is 43.4. The van der Waals surface area contributed by atoms with Crippen molar-refractivity contribution >= 4 is 58.3 Å². The molecule has 0 spiro atoms. The van der Waals surface area contributed by atoms with Crippen molar-refractivity contribution in [2.24, 2.45) is 80.0 Å². The number of primary amides is 1. The summed E-state index contributed by atoms with van der Waals surface area (Å²) in [7, 11) is 0. The fourth-order valence-electron chi connectivity index (χ4n) is 11.5. The van der Waals surface area contributed by atoms with Gasteiger partial charge < -0.3 is 43.4 Å². The lowest BCUT2D eigenvalue weighted by molar-refractivity contribution is -0.135. The average Bonchev–Trinajstić information content (AvgIpc) is 0.867. The van der Waals surface area contributed by atoms with Gasteiger partial charge in [0.05, 0.1) is 24.2 Å². The Morgan fingerprint density at radius 2 is 0.818 bits per heavy atom. The molecule has 10 N–H and O–H groups in total. The van der Waals surface area contributed by atoms with Gasteiger partial charge in [-0.05, 0) is 149 Å². The molecular weight excluding hydrogens is 1240 g/mol. The van der Waals surface area contributed by atoms with Crippen molar-refractivity contribution in [1.29, 1.82) is 0 Å². The number of carbonyl (C=O) groups excluding carboxylic acids is 10. The summed E-state index contributed by atoms with van der Waals surface area (Å²) >= 11 is 0. The number of carbonyl (C=O) groups is 10. The van der Waals surface area contributed by atoms with Crippen molar-refractivity contribution in [3.05, 3.63) is 35.9 Å². The smallest absolute Gasteiger partial charge is 0.312 e. The van der Waals surface area contributed by atoms with E-state index in [0.717, 1.165) is 18.4 Å². The summed E-state index contributed by atoms with van der Waals surface area (Å²) in [5.74, 6) is 0.263. The van der Waals surface area contributed by atoms with Crippen molar-refractivity contribution in [3.63, 3.8) is 0 Å². The van der Waals surface area contributed by atoms with Crippen LogP contribution >= 0.6 is 0 Å². The van der Waals surface area contributed by atoms with E-state index >= 15 is 0 Å². The first-order valence-electron chi connectivity index (χ1n) is 36.9. The standard InChI is InChI=1S/C23H38N2O2.C21H40N2O3.C20H39N3O3.C17H33NO2/c1-22(2,3)21(27)18(13-10-14-24)16-20(26)19(25-23(4,5)6)15-17-11-8-7-9-12-17;1-14(2)18(23-21(7,8)9)17(25)13-16(19(26)20(4,5)6)11-10-12-22-15(3)24;1-13(2)14(12-19(3,4)5)17(25)23-15(16(24)20(6,7)8)10-9-11-22-18(21)26;1-11(2)14(18-17(7,8)9)13(19)10-12(3)15(20)16(4,5)6/h7-9,11-12,18-19,25H,10,13-16,24H2,1-6H3;14,16,18,23H,10-13H2,1-9H3,(H,22,24);13-15H,9-12H2,1-8H3,(H,23,25)(H3,21,22,26);11-12,14,18H,10H2,1-9H3. The minimum Gasteiger partial charge on any atom is -0.356 e. The molecule has 0 fully saturated rings. The van der Waals surface area contributed by atoms with Crippen LogP contribution < -0.4 is 43.4 Å². The second kappa shape index (κ2) is 43.8. The number of nitrogens with two attached hydrogens (primary N) is 2. The summed E-state index contributed by atoms with van der Waals surface area (Å²) < 4.78 is 0. The quantitative estimate of drug-likeness (QED) is 0.0293. The molecule has 0 saturated heterocycles. The van der Waals surface area contributed by atoms with Gasteiger partial charge in [0.25, 0.3) is 0 Å². The first kappa shape index (κ1) is 98.1. The van der Waals surface area contributed by atoms with Crippen molar-refractivity contribution < 1.29 is 47.9 Å². The van der Waals surface area contributed by atoms with E-state index in [-0.39, 0.29) is 152 Å². The minimum atomic E-state index is -0.585. The topological polar surface area (TPSA) is 295 Å². The largest absolute Gasteiger partial charge is 0.356 e. The molecule has 99 heavy (non-hydrogen) atoms. The summed E-state index contributed by atoms with van der Waals surface area (Å²) in [5, 5.41) is 18.5. The zero-order valence-electron chi connectivity index (χ0n) is 68.9. The predicted molar refractivity (Wildman–Crippen MR) is 410 cm³/mol. The first-order chi connectivity index (χ1) is 44.5. The SMILES string of the molecule is CC(=O)NCCCC(CC(=O)C(NC(C)(C)C)C(C)C)C(=O)C(C)(C)C.CC(C)(C)NC(Cc1ccccc1)C(=O)CC(CCCN)C(=O)C(C)(C)C.CC(C)C(CC(C)(C)C)C(=O)NC(CCCNC(N)=O)C(=O)C(C)(C)C.CC(CC(=O)C(NC(C)(C)C)C(C)C)C(=O)C(C)(C)C. The van der Waals surface area contributed by atoms with E-state index in [1.165, 1.54) is 6.92 Å². The third-order valence-electron chi connectivity index (χ3n) is 16.5. The fourth-order valence-corrected chi connectivity index (χ4v) is 11.5. The molecule has 8 unspecified atom stereocenters. The number of amides is 4. The van der Waals surface area contributed by atoms with E-state index in [2.05, 4.69) is 94.2 Å². The monoisotopic (exact) mass is 1400 g/mol. The minimum absolute atomic E-state index is 0.00295. The Bertz CT molecular complexity index is 2540. The fraction of sp³-hybridized carbons (Fsp3) is 0.802. The van der Waals surface area contributed by atoms with Gasteiger partial charge in [0.1, 0.15) is 17.3 Å². The molecule has 8 atom stereocenters. The zero-order chi connectivity index (χ0) is 78.4. The Balaban J connectivity index is -0.00000125. The molecule has 0 aromatic heterocycles. The van der Waals surface area contributed by atoms with Gasteiger partial charge in [0, 0.05) is 101 Å². The molecule has 18 heteroatoms. The summed E-state index contributed by atoms with van der Waals surface area (Å²) in [6, 6.07) is 8.13. The van der Waals surface area contributed by atoms with Crippen LogP contribution in [0.2, 0.25) is 0 Å². The van der Waals surface area contributed by atoms with Crippen LogP contribution in [0.1, 0.15) is 291 Å². The van der Waals surface area contributed by atoms with E-state index in [1.807, 2.05) is 183 Å². The normalized spacial score (nSPS) is 15.0. The van der Waals surface area contributed by atoms with Crippen LogP contribution in [-0.2, 0) is 49.6 Å². The molecule has 1 aromatic carbocycles. The summed E-state index contributed by atoms with van der Waals surface area (Å²) in [5.41, 5.74) is 9.54. The highest BCUT2D eigenvalue weighted by Gasteiger charge is 2.38. The maximum atomic E-state index is 13.2. The van der Waals surface area contributed by atoms with Crippen LogP contribution in [0.25, 0.3) is 0 Å². The Morgan fingerprint density at radius 1 is 0.434 bits per heavy atom. The number of urea groups is 1. The molecule has 18 nitrogen and oxygen atoms in total. The molecule has 4 amide bonds. The molecule has 0 radical (unpaired) electrons. The highest BCUT2D eigenvalue weighted by molar-refractivity contribution is 5.95. The van der Waals surface area contributed by atoms with Crippen LogP contribution in [0.4, 0.5) is 4.79 Å². The van der Waals surface area contributed by atoms with Crippen molar-refractivity contribution in [3.8, 4) is 0 Å². The number of benzene rings is 1. The molecule has 0 aliphatic rings.